The van der Waals surface area contributed by atoms with Crippen LogP contribution in [0.5, 0.6) is 0 Å². The molecule has 3 aromatic rings. The number of allylic oxidation sites excluding steroid dienone is 7. The minimum Gasteiger partial charge on any atom is -0.496 e. The van der Waals surface area contributed by atoms with Crippen molar-refractivity contribution in [3.63, 3.8) is 0 Å². The lowest BCUT2D eigenvalue weighted by atomic mass is 10.0. The number of furan rings is 1. The number of carbonyl (C=O) groups excluding carboxylic acids is 2. The van der Waals surface area contributed by atoms with E-state index in [4.69, 9.17) is 9.15 Å². The quantitative estimate of drug-likeness (QED) is 0.0803. The largest absolute Gasteiger partial charge is 0.496 e. The maximum Gasteiger partial charge on any atom is 0.425 e. The monoisotopic (exact) mass is 653 g/mol. The Kier molecular flexibility index (Phi) is 11.1. The second-order valence-corrected chi connectivity index (χ2v) is 9.74. The number of benzene rings is 1. The van der Waals surface area contributed by atoms with Crippen LogP contribution >= 0.6 is 0 Å². The van der Waals surface area contributed by atoms with Gasteiger partial charge in [0.05, 0.1) is 36.1 Å². The van der Waals surface area contributed by atoms with Gasteiger partial charge in [-0.15, -0.1) is 0 Å². The molecule has 46 heavy (non-hydrogen) atoms. The van der Waals surface area contributed by atoms with Crippen molar-refractivity contribution in [3.8, 4) is 0 Å². The summed E-state index contributed by atoms with van der Waals surface area (Å²) in [6.07, 6.45) is 0.455. The van der Waals surface area contributed by atoms with Gasteiger partial charge in [0.25, 0.3) is 18.0 Å². The molecule has 14 heteroatoms. The number of fused-ring (bicyclic) bond motifs is 3. The SMILES string of the molecule is C=C/C(=C\C=C(/C)F)c1oc2c(cc(/C=C/C(C(=O)NCC(F)(F)C(F)C(F)(F)F)=C(\C=C/C)OC)c3[nH]ccc32)c1C(=O)NC. The van der Waals surface area contributed by atoms with Crippen molar-refractivity contribution in [1.29, 1.82) is 0 Å². The molecule has 0 aliphatic heterocycles. The summed E-state index contributed by atoms with van der Waals surface area (Å²) in [6, 6.07) is 3.20. The molecule has 2 amide bonds. The molecule has 0 radical (unpaired) electrons. The second kappa shape index (κ2) is 14.4. The molecule has 3 rings (SSSR count). The first-order valence-electron chi connectivity index (χ1n) is 13.5. The van der Waals surface area contributed by atoms with E-state index in [0.717, 1.165) is 6.08 Å². The molecule has 0 saturated carbocycles. The molecule has 3 N–H and O–H groups in total. The highest BCUT2D eigenvalue weighted by Gasteiger charge is 2.56. The number of carbonyl (C=O) groups is 2. The van der Waals surface area contributed by atoms with Crippen LogP contribution in [0.4, 0.5) is 30.7 Å². The Bertz CT molecular complexity index is 1790. The molecule has 0 saturated heterocycles. The molecule has 0 bridgehead atoms. The summed E-state index contributed by atoms with van der Waals surface area (Å²) in [6.45, 7) is 4.57. The van der Waals surface area contributed by atoms with Crippen LogP contribution in [-0.4, -0.2) is 55.8 Å². The van der Waals surface area contributed by atoms with Crippen LogP contribution in [0, 0.1) is 0 Å². The number of alkyl halides is 6. The molecule has 0 spiro atoms. The van der Waals surface area contributed by atoms with Crippen molar-refractivity contribution in [2.24, 2.45) is 0 Å². The third-order valence-corrected chi connectivity index (χ3v) is 6.57. The number of ether oxygens (including phenoxy) is 1. The smallest absolute Gasteiger partial charge is 0.425 e. The Morgan fingerprint density at radius 2 is 1.85 bits per heavy atom. The van der Waals surface area contributed by atoms with Gasteiger partial charge in [-0.1, -0.05) is 24.8 Å². The molecule has 0 fully saturated rings. The number of hydrogen-bond acceptors (Lipinski definition) is 4. The molecular weight excluding hydrogens is 623 g/mol. The Labute approximate surface area is 258 Å². The zero-order chi connectivity index (χ0) is 34.4. The van der Waals surface area contributed by atoms with E-state index in [1.807, 2.05) is 0 Å². The summed E-state index contributed by atoms with van der Waals surface area (Å²) >= 11 is 0. The van der Waals surface area contributed by atoms with Crippen molar-refractivity contribution in [2.45, 2.75) is 32.1 Å². The molecule has 0 aliphatic carbocycles. The number of halogens is 7. The number of aromatic nitrogens is 1. The zero-order valence-corrected chi connectivity index (χ0v) is 25.0. The van der Waals surface area contributed by atoms with Gasteiger partial charge < -0.3 is 24.8 Å². The van der Waals surface area contributed by atoms with Crippen molar-refractivity contribution in [1.82, 2.24) is 15.6 Å². The maximum absolute atomic E-state index is 13.9. The molecule has 0 aliphatic rings. The number of hydrogen-bond donors (Lipinski definition) is 3. The van der Waals surface area contributed by atoms with Crippen LogP contribution in [0.3, 0.4) is 0 Å². The number of nitrogens with one attached hydrogen (secondary N) is 3. The van der Waals surface area contributed by atoms with Crippen LogP contribution in [0.2, 0.25) is 0 Å². The second-order valence-electron chi connectivity index (χ2n) is 9.74. The number of methoxy groups -OCH3 is 1. The van der Waals surface area contributed by atoms with Gasteiger partial charge in [-0.2, -0.15) is 13.2 Å². The molecule has 1 unspecified atom stereocenters. The number of aromatic amines is 1. The van der Waals surface area contributed by atoms with Crippen LogP contribution < -0.4 is 10.6 Å². The molecule has 1 atom stereocenters. The minimum atomic E-state index is -5.85. The first kappa shape index (κ1) is 35.5. The third kappa shape index (κ3) is 7.61. The van der Waals surface area contributed by atoms with Gasteiger partial charge in [0.15, 0.2) is 0 Å². The lowest BCUT2D eigenvalue weighted by Crippen LogP contribution is -2.49. The summed E-state index contributed by atoms with van der Waals surface area (Å²) in [7, 11) is 2.57. The first-order chi connectivity index (χ1) is 21.6. The highest BCUT2D eigenvalue weighted by Crippen LogP contribution is 2.38. The predicted molar refractivity (Wildman–Crippen MR) is 161 cm³/mol. The fraction of sp³-hybridized carbons (Fsp3) is 0.250. The van der Waals surface area contributed by atoms with Gasteiger partial charge in [0.1, 0.15) is 17.1 Å². The highest BCUT2D eigenvalue weighted by molar-refractivity contribution is 6.17. The molecule has 1 aromatic carbocycles. The van der Waals surface area contributed by atoms with E-state index >= 15 is 0 Å². The van der Waals surface area contributed by atoms with Gasteiger partial charge in [-0.05, 0) is 55.8 Å². The summed E-state index contributed by atoms with van der Waals surface area (Å²) < 4.78 is 104. The van der Waals surface area contributed by atoms with Crippen molar-refractivity contribution in [2.75, 3.05) is 20.7 Å². The fourth-order valence-electron chi connectivity index (χ4n) is 4.42. The normalized spacial score (nSPS) is 14.7. The lowest BCUT2D eigenvalue weighted by molar-refractivity contribution is -0.242. The molecule has 7 nitrogen and oxygen atoms in total. The number of amides is 2. The van der Waals surface area contributed by atoms with E-state index in [-0.39, 0.29) is 28.2 Å². The van der Waals surface area contributed by atoms with Crippen LogP contribution in [-0.2, 0) is 9.53 Å². The van der Waals surface area contributed by atoms with Gasteiger partial charge >= 0.3 is 12.1 Å². The van der Waals surface area contributed by atoms with Gasteiger partial charge in [0.2, 0.25) is 0 Å². The van der Waals surface area contributed by atoms with E-state index in [1.54, 1.807) is 30.6 Å². The molecule has 246 valence electrons. The summed E-state index contributed by atoms with van der Waals surface area (Å²) in [4.78, 5) is 29.1. The zero-order valence-electron chi connectivity index (χ0n) is 25.0. The van der Waals surface area contributed by atoms with Gasteiger partial charge in [0, 0.05) is 29.6 Å². The number of rotatable bonds is 12. The molecular formula is C32H30F7N3O4. The van der Waals surface area contributed by atoms with E-state index < -0.39 is 42.5 Å². The lowest BCUT2D eigenvalue weighted by Gasteiger charge is -2.23. The fourth-order valence-corrected chi connectivity index (χ4v) is 4.42. The molecule has 2 heterocycles. The van der Waals surface area contributed by atoms with Crippen LogP contribution in [0.15, 0.2) is 82.9 Å². The third-order valence-electron chi connectivity index (χ3n) is 6.57. The van der Waals surface area contributed by atoms with Crippen LogP contribution in [0.1, 0.15) is 35.5 Å². The van der Waals surface area contributed by atoms with E-state index in [0.29, 0.717) is 27.4 Å². The summed E-state index contributed by atoms with van der Waals surface area (Å²) in [5.41, 5.74) is 1.09. The van der Waals surface area contributed by atoms with E-state index in [1.165, 1.54) is 57.5 Å². The minimum absolute atomic E-state index is 0.0824. The van der Waals surface area contributed by atoms with Crippen molar-refractivity contribution in [3.05, 3.63) is 95.4 Å². The first-order valence-corrected chi connectivity index (χ1v) is 13.5. The van der Waals surface area contributed by atoms with Crippen molar-refractivity contribution >= 4 is 45.3 Å². The summed E-state index contributed by atoms with van der Waals surface area (Å²) in [5, 5.41) is 4.98. The Morgan fingerprint density at radius 3 is 2.41 bits per heavy atom. The average molecular weight is 654 g/mol. The summed E-state index contributed by atoms with van der Waals surface area (Å²) in [5.74, 6) is -7.35. The van der Waals surface area contributed by atoms with E-state index in [9.17, 15) is 40.3 Å². The van der Waals surface area contributed by atoms with Gasteiger partial charge in [-0.3, -0.25) is 9.59 Å². The van der Waals surface area contributed by atoms with Crippen LogP contribution in [0.25, 0.3) is 33.5 Å². The number of H-pyrrole nitrogens is 1. The van der Waals surface area contributed by atoms with Gasteiger partial charge in [-0.25, -0.2) is 17.6 Å². The Hall–Kier alpha value is -5.01. The standard InChI is InChI=1S/C32H30F7N3O4/c1-6-8-23(45-5)20(28(43)42-16-31(35,36)30(34)32(37,38)39)12-11-19-15-22-24(29(44)40-4)26(18(7-2)10-9-17(3)33)46-27(22)21-13-14-41-25(19)21/h6-15,30,41H,2,16H2,1,3-5H3,(H,40,44)(H,42,43)/b8-6-,12-11+,17-9+,18-10+,23-20-. The van der Waals surface area contributed by atoms with E-state index in [2.05, 4.69) is 16.9 Å². The van der Waals surface area contributed by atoms with Crippen molar-refractivity contribution < 1.29 is 49.5 Å². The molecule has 2 aromatic heterocycles. The highest BCUT2D eigenvalue weighted by atomic mass is 19.4. The topological polar surface area (TPSA) is 96.4 Å². The maximum atomic E-state index is 13.9. The predicted octanol–water partition coefficient (Wildman–Crippen LogP) is 7.86. The Balaban J connectivity index is 2.20. The Morgan fingerprint density at radius 1 is 1.15 bits per heavy atom. The average Bonchev–Trinajstić information content (AvgIpc) is 3.64.